The van der Waals surface area contributed by atoms with E-state index in [4.69, 9.17) is 4.74 Å². The number of carboxylic acids is 1. The normalized spacial score (nSPS) is 23.8. The Morgan fingerprint density at radius 1 is 1.46 bits per heavy atom. The fourth-order valence-corrected chi connectivity index (χ4v) is 3.28. The number of carboxylic acid groups (broad SMARTS) is 1. The number of piperidine rings is 1. The lowest BCUT2D eigenvalue weighted by Crippen LogP contribution is -2.57. The third kappa shape index (κ3) is 3.21. The van der Waals surface area contributed by atoms with E-state index in [1.807, 2.05) is 6.92 Å². The van der Waals surface area contributed by atoms with Crippen molar-refractivity contribution in [2.24, 2.45) is 5.41 Å². The Kier molecular flexibility index (Phi) is 5.43. The highest BCUT2D eigenvalue weighted by Crippen LogP contribution is 2.36. The second-order valence-electron chi connectivity index (χ2n) is 6.09. The molecule has 1 fully saturated rings. The number of methoxy groups -OCH3 is 1. The molecule has 0 aliphatic carbocycles. The van der Waals surface area contributed by atoms with Gasteiger partial charge in [-0.3, -0.25) is 9.59 Å². The molecule has 1 aromatic rings. The summed E-state index contributed by atoms with van der Waals surface area (Å²) in [6.45, 7) is 1.92. The minimum atomic E-state index is -1.40. The molecule has 24 heavy (non-hydrogen) atoms. The lowest BCUT2D eigenvalue weighted by molar-refractivity contribution is -0.162. The highest BCUT2D eigenvalue weighted by molar-refractivity contribution is 5.97. The molecule has 0 saturated carbocycles. The summed E-state index contributed by atoms with van der Waals surface area (Å²) in [6, 6.07) is 3.63. The summed E-state index contributed by atoms with van der Waals surface area (Å²) in [6.07, 6.45) is -0.0360. The standard InChI is InChI=1S/C17H22FNO5/c1-3-7-17(16(22)23)10-19(8-6-14(17)20)15(21)12-9-11(18)4-5-13(12)24-2/h4-5,9,14,20H,3,6-8,10H2,1-2H3,(H,22,23)/t14-,17-/m1/s1. The molecule has 2 rings (SSSR count). The number of aliphatic hydroxyl groups is 1. The van der Waals surface area contributed by atoms with Crippen LogP contribution in [0.4, 0.5) is 4.39 Å². The highest BCUT2D eigenvalue weighted by atomic mass is 19.1. The van der Waals surface area contributed by atoms with Crippen molar-refractivity contribution in [1.82, 2.24) is 4.90 Å². The van der Waals surface area contributed by atoms with Gasteiger partial charge in [-0.1, -0.05) is 13.3 Å². The number of nitrogens with zero attached hydrogens (tertiary/aromatic N) is 1. The number of hydrogen-bond donors (Lipinski definition) is 2. The van der Waals surface area contributed by atoms with Gasteiger partial charge in [0, 0.05) is 13.1 Å². The summed E-state index contributed by atoms with van der Waals surface area (Å²) >= 11 is 0. The summed E-state index contributed by atoms with van der Waals surface area (Å²) < 4.78 is 18.6. The first-order valence-electron chi connectivity index (χ1n) is 7.90. The maximum Gasteiger partial charge on any atom is 0.314 e. The van der Waals surface area contributed by atoms with Gasteiger partial charge in [-0.25, -0.2) is 4.39 Å². The van der Waals surface area contributed by atoms with Crippen molar-refractivity contribution in [2.75, 3.05) is 20.2 Å². The zero-order valence-electron chi connectivity index (χ0n) is 13.8. The molecule has 1 aliphatic heterocycles. The summed E-state index contributed by atoms with van der Waals surface area (Å²) in [5.41, 5.74) is -1.35. The lowest BCUT2D eigenvalue weighted by Gasteiger charge is -2.43. The SMILES string of the molecule is CCC[C@@]1(C(=O)O)CN(C(=O)c2cc(F)ccc2OC)CC[C@H]1O. The largest absolute Gasteiger partial charge is 0.496 e. The smallest absolute Gasteiger partial charge is 0.314 e. The van der Waals surface area contributed by atoms with Crippen molar-refractivity contribution in [1.29, 1.82) is 0 Å². The Morgan fingerprint density at radius 3 is 2.75 bits per heavy atom. The van der Waals surface area contributed by atoms with Crippen molar-refractivity contribution in [3.05, 3.63) is 29.6 Å². The summed E-state index contributed by atoms with van der Waals surface area (Å²) in [7, 11) is 1.38. The van der Waals surface area contributed by atoms with Crippen molar-refractivity contribution < 1.29 is 28.9 Å². The molecule has 1 heterocycles. The maximum atomic E-state index is 13.5. The first kappa shape index (κ1) is 18.2. The van der Waals surface area contributed by atoms with E-state index in [1.165, 1.54) is 24.1 Å². The predicted octanol–water partition coefficient (Wildman–Crippen LogP) is 1.91. The van der Waals surface area contributed by atoms with Crippen LogP contribution in [0.2, 0.25) is 0 Å². The number of benzene rings is 1. The van der Waals surface area contributed by atoms with E-state index in [1.54, 1.807) is 0 Å². The van der Waals surface area contributed by atoms with Crippen molar-refractivity contribution >= 4 is 11.9 Å². The van der Waals surface area contributed by atoms with Crippen molar-refractivity contribution in [3.8, 4) is 5.75 Å². The first-order chi connectivity index (χ1) is 11.4. The van der Waals surface area contributed by atoms with Crippen LogP contribution in [0, 0.1) is 11.2 Å². The average molecular weight is 339 g/mol. The number of ether oxygens (including phenoxy) is 1. The van der Waals surface area contributed by atoms with Gasteiger partial charge in [0.15, 0.2) is 0 Å². The number of carbonyl (C=O) groups is 2. The monoisotopic (exact) mass is 339 g/mol. The van der Waals surface area contributed by atoms with Crippen LogP contribution in [0.15, 0.2) is 18.2 Å². The number of hydrogen-bond acceptors (Lipinski definition) is 4. The molecule has 1 aliphatic rings. The van der Waals surface area contributed by atoms with Gasteiger partial charge in [0.05, 0.1) is 18.8 Å². The van der Waals surface area contributed by atoms with Crippen LogP contribution in [0.1, 0.15) is 36.5 Å². The molecule has 0 radical (unpaired) electrons. The van der Waals surface area contributed by atoms with E-state index in [9.17, 15) is 24.2 Å². The van der Waals surface area contributed by atoms with Gasteiger partial charge in [0.25, 0.3) is 5.91 Å². The number of amides is 1. The maximum absolute atomic E-state index is 13.5. The van der Waals surface area contributed by atoms with Gasteiger partial charge in [0.2, 0.25) is 0 Å². The minimum Gasteiger partial charge on any atom is -0.496 e. The number of aliphatic carboxylic acids is 1. The van der Waals surface area contributed by atoms with E-state index in [0.717, 1.165) is 6.07 Å². The quantitative estimate of drug-likeness (QED) is 0.856. The molecule has 0 aromatic heterocycles. The molecule has 1 saturated heterocycles. The zero-order chi connectivity index (χ0) is 17.9. The minimum absolute atomic E-state index is 0.0460. The Morgan fingerprint density at radius 2 is 2.17 bits per heavy atom. The predicted molar refractivity (Wildman–Crippen MR) is 84.5 cm³/mol. The van der Waals surface area contributed by atoms with Crippen molar-refractivity contribution in [3.63, 3.8) is 0 Å². The molecule has 6 nitrogen and oxygen atoms in total. The molecule has 7 heteroatoms. The van der Waals surface area contributed by atoms with Gasteiger partial charge in [-0.05, 0) is 31.0 Å². The molecule has 2 atom stereocenters. The Balaban J connectivity index is 2.34. The van der Waals surface area contributed by atoms with Gasteiger partial charge in [-0.2, -0.15) is 0 Å². The average Bonchev–Trinajstić information content (AvgIpc) is 2.56. The first-order valence-corrected chi connectivity index (χ1v) is 7.90. The summed E-state index contributed by atoms with van der Waals surface area (Å²) in [5.74, 6) is -1.97. The van der Waals surface area contributed by atoms with E-state index >= 15 is 0 Å². The Hall–Kier alpha value is -2.15. The molecule has 132 valence electrons. The zero-order valence-corrected chi connectivity index (χ0v) is 13.8. The fraction of sp³-hybridized carbons (Fsp3) is 0.529. The Labute approximate surface area is 139 Å². The molecule has 1 amide bonds. The molecule has 0 bridgehead atoms. The summed E-state index contributed by atoms with van der Waals surface area (Å²) in [5, 5.41) is 19.9. The molecular formula is C17H22FNO5. The highest BCUT2D eigenvalue weighted by Gasteiger charge is 2.49. The topological polar surface area (TPSA) is 87.1 Å². The number of likely N-dealkylation sites (tertiary alicyclic amines) is 1. The van der Waals surface area contributed by atoms with Crippen LogP contribution in [0.3, 0.4) is 0 Å². The molecule has 0 spiro atoms. The number of halogens is 1. The number of rotatable bonds is 5. The van der Waals surface area contributed by atoms with Gasteiger partial charge >= 0.3 is 5.97 Å². The molecular weight excluding hydrogens is 317 g/mol. The van der Waals surface area contributed by atoms with Crippen LogP contribution in [0.5, 0.6) is 5.75 Å². The second kappa shape index (κ2) is 7.17. The summed E-state index contributed by atoms with van der Waals surface area (Å²) in [4.78, 5) is 25.9. The number of aliphatic hydroxyl groups excluding tert-OH is 1. The van der Waals surface area contributed by atoms with E-state index in [0.29, 0.717) is 6.42 Å². The second-order valence-corrected chi connectivity index (χ2v) is 6.09. The van der Waals surface area contributed by atoms with Crippen LogP contribution in [0.25, 0.3) is 0 Å². The third-order valence-corrected chi connectivity index (χ3v) is 4.58. The van der Waals surface area contributed by atoms with Gasteiger partial charge < -0.3 is 19.8 Å². The van der Waals surface area contributed by atoms with Gasteiger partial charge in [-0.15, -0.1) is 0 Å². The van der Waals surface area contributed by atoms with Crippen LogP contribution in [-0.2, 0) is 4.79 Å². The molecule has 1 aromatic carbocycles. The Bertz CT molecular complexity index is 635. The number of carbonyl (C=O) groups excluding carboxylic acids is 1. The van der Waals surface area contributed by atoms with Crippen LogP contribution < -0.4 is 4.74 Å². The molecule has 0 unspecified atom stereocenters. The lowest BCUT2D eigenvalue weighted by atomic mass is 9.74. The van der Waals surface area contributed by atoms with Gasteiger partial charge in [0.1, 0.15) is 17.0 Å². The third-order valence-electron chi connectivity index (χ3n) is 4.58. The van der Waals surface area contributed by atoms with Crippen LogP contribution >= 0.6 is 0 Å². The fourth-order valence-electron chi connectivity index (χ4n) is 3.28. The molecule has 2 N–H and O–H groups in total. The van der Waals surface area contributed by atoms with E-state index in [2.05, 4.69) is 0 Å². The van der Waals surface area contributed by atoms with Crippen LogP contribution in [-0.4, -0.2) is 53.3 Å². The van der Waals surface area contributed by atoms with E-state index < -0.39 is 29.2 Å². The van der Waals surface area contributed by atoms with Crippen molar-refractivity contribution in [2.45, 2.75) is 32.3 Å². The van der Waals surface area contributed by atoms with E-state index in [-0.39, 0.29) is 37.2 Å².